The van der Waals surface area contributed by atoms with E-state index >= 15 is 0 Å². The molecule has 0 bridgehead atoms. The Bertz CT molecular complexity index is 283. The molecule has 0 radical (unpaired) electrons. The highest BCUT2D eigenvalue weighted by molar-refractivity contribution is 7.11. The van der Waals surface area contributed by atoms with E-state index in [2.05, 4.69) is 12.2 Å². The van der Waals surface area contributed by atoms with E-state index < -0.39 is 0 Å². The molecule has 84 valence electrons. The fourth-order valence-corrected chi connectivity index (χ4v) is 3.17. The summed E-state index contributed by atoms with van der Waals surface area (Å²) >= 11 is 1.94. The maximum absolute atomic E-state index is 4.73. The Labute approximate surface area is 96.1 Å². The lowest BCUT2D eigenvalue weighted by atomic mass is 10.0. The highest BCUT2D eigenvalue weighted by atomic mass is 32.1. The van der Waals surface area contributed by atoms with Crippen LogP contribution in [0.4, 0.5) is 0 Å². The van der Waals surface area contributed by atoms with Crippen LogP contribution in [0, 0.1) is 0 Å². The summed E-state index contributed by atoms with van der Waals surface area (Å²) < 4.78 is 0. The molecule has 15 heavy (non-hydrogen) atoms. The normalized spacial score (nSPS) is 15.3. The van der Waals surface area contributed by atoms with Crippen molar-refractivity contribution in [3.05, 3.63) is 15.6 Å². The Kier molecular flexibility index (Phi) is 4.15. The van der Waals surface area contributed by atoms with E-state index in [0.29, 0.717) is 0 Å². The van der Waals surface area contributed by atoms with Gasteiger partial charge in [-0.15, -0.1) is 11.3 Å². The third kappa shape index (κ3) is 3.02. The highest BCUT2D eigenvalue weighted by Crippen LogP contribution is 2.26. The molecular formula is C12H20N2S. The number of aryl methyl sites for hydroxylation is 2. The van der Waals surface area contributed by atoms with E-state index in [4.69, 9.17) is 4.98 Å². The summed E-state index contributed by atoms with van der Waals surface area (Å²) in [6.45, 7) is 4.42. The Morgan fingerprint density at radius 1 is 1.27 bits per heavy atom. The fraction of sp³-hybridized carbons (Fsp3) is 0.750. The molecule has 1 aliphatic rings. The molecule has 0 saturated carbocycles. The van der Waals surface area contributed by atoms with Gasteiger partial charge in [-0.2, -0.15) is 0 Å². The number of nitrogens with zero attached hydrogens (tertiary/aromatic N) is 1. The zero-order valence-corrected chi connectivity index (χ0v) is 10.3. The van der Waals surface area contributed by atoms with Gasteiger partial charge in [-0.25, -0.2) is 4.98 Å². The summed E-state index contributed by atoms with van der Waals surface area (Å²) in [5, 5.41) is 4.77. The first-order valence-corrected chi connectivity index (χ1v) is 6.90. The number of hydrogen-bond donors (Lipinski definition) is 1. The van der Waals surface area contributed by atoms with Gasteiger partial charge >= 0.3 is 0 Å². The maximum atomic E-state index is 4.73. The van der Waals surface area contributed by atoms with E-state index in [0.717, 1.165) is 19.5 Å². The molecule has 0 amide bonds. The molecule has 0 fully saturated rings. The van der Waals surface area contributed by atoms with Crippen LogP contribution in [0.15, 0.2) is 0 Å². The molecule has 2 nitrogen and oxygen atoms in total. The second-order valence-electron chi connectivity index (χ2n) is 4.18. The second kappa shape index (κ2) is 5.61. The van der Waals surface area contributed by atoms with Gasteiger partial charge in [0.1, 0.15) is 0 Å². The summed E-state index contributed by atoms with van der Waals surface area (Å²) in [6, 6.07) is 0. The molecule has 1 heterocycles. The standard InChI is InChI=1S/C12H20N2S/c1-2-8-13-9-7-12-14-10-5-3-4-6-11(10)15-12/h13H,2-9H2,1H3. The van der Waals surface area contributed by atoms with Gasteiger partial charge < -0.3 is 5.32 Å². The van der Waals surface area contributed by atoms with Gasteiger partial charge in [0.2, 0.25) is 0 Å². The number of fused-ring (bicyclic) bond motifs is 1. The minimum atomic E-state index is 1.08. The summed E-state index contributed by atoms with van der Waals surface area (Å²) in [7, 11) is 0. The van der Waals surface area contributed by atoms with E-state index in [9.17, 15) is 0 Å². The van der Waals surface area contributed by atoms with Crippen LogP contribution in [0.3, 0.4) is 0 Å². The lowest BCUT2D eigenvalue weighted by Crippen LogP contribution is -2.17. The van der Waals surface area contributed by atoms with Crippen LogP contribution < -0.4 is 5.32 Å². The zero-order chi connectivity index (χ0) is 10.5. The Balaban J connectivity index is 1.84. The van der Waals surface area contributed by atoms with Crippen LogP contribution in [0.5, 0.6) is 0 Å². The quantitative estimate of drug-likeness (QED) is 0.778. The van der Waals surface area contributed by atoms with Crippen molar-refractivity contribution in [1.29, 1.82) is 0 Å². The number of nitrogens with one attached hydrogen (secondary N) is 1. The monoisotopic (exact) mass is 224 g/mol. The lowest BCUT2D eigenvalue weighted by molar-refractivity contribution is 0.662. The minimum Gasteiger partial charge on any atom is -0.316 e. The van der Waals surface area contributed by atoms with Crippen LogP contribution in [-0.4, -0.2) is 18.1 Å². The highest BCUT2D eigenvalue weighted by Gasteiger charge is 2.14. The molecule has 1 N–H and O–H groups in total. The zero-order valence-electron chi connectivity index (χ0n) is 9.51. The maximum Gasteiger partial charge on any atom is 0.0943 e. The summed E-state index contributed by atoms with van der Waals surface area (Å²) in [5.74, 6) is 0. The first-order valence-electron chi connectivity index (χ1n) is 6.08. The predicted molar refractivity (Wildman–Crippen MR) is 65.6 cm³/mol. The van der Waals surface area contributed by atoms with Crippen LogP contribution in [0.1, 0.15) is 41.8 Å². The topological polar surface area (TPSA) is 24.9 Å². The number of rotatable bonds is 5. The third-order valence-electron chi connectivity index (χ3n) is 2.83. The van der Waals surface area contributed by atoms with E-state index in [-0.39, 0.29) is 0 Å². The van der Waals surface area contributed by atoms with Gasteiger partial charge in [0.05, 0.1) is 10.7 Å². The average Bonchev–Trinajstić information content (AvgIpc) is 2.67. The van der Waals surface area contributed by atoms with E-state index in [1.807, 2.05) is 11.3 Å². The van der Waals surface area contributed by atoms with Crippen molar-refractivity contribution in [2.24, 2.45) is 0 Å². The van der Waals surface area contributed by atoms with Gasteiger partial charge in [0.25, 0.3) is 0 Å². The van der Waals surface area contributed by atoms with Crippen molar-refractivity contribution in [2.75, 3.05) is 13.1 Å². The molecule has 1 aliphatic carbocycles. The molecular weight excluding hydrogens is 204 g/mol. The summed E-state index contributed by atoms with van der Waals surface area (Å²) in [5.41, 5.74) is 1.40. The van der Waals surface area contributed by atoms with E-state index in [1.165, 1.54) is 42.8 Å². The number of hydrogen-bond acceptors (Lipinski definition) is 3. The van der Waals surface area contributed by atoms with Crippen molar-refractivity contribution in [3.8, 4) is 0 Å². The van der Waals surface area contributed by atoms with Crippen LogP contribution in [0.25, 0.3) is 0 Å². The van der Waals surface area contributed by atoms with Crippen molar-refractivity contribution in [2.45, 2.75) is 45.4 Å². The third-order valence-corrected chi connectivity index (χ3v) is 4.05. The molecule has 0 spiro atoms. The first kappa shape index (κ1) is 11.1. The van der Waals surface area contributed by atoms with Gasteiger partial charge in [0, 0.05) is 17.8 Å². The lowest BCUT2D eigenvalue weighted by Gasteiger charge is -2.06. The fourth-order valence-electron chi connectivity index (χ4n) is 2.01. The predicted octanol–water partition coefficient (Wildman–Crippen LogP) is 2.56. The average molecular weight is 224 g/mol. The first-order chi connectivity index (χ1) is 7.40. The van der Waals surface area contributed by atoms with Crippen LogP contribution in [0.2, 0.25) is 0 Å². The van der Waals surface area contributed by atoms with Gasteiger partial charge in [-0.3, -0.25) is 0 Å². The Morgan fingerprint density at radius 3 is 2.93 bits per heavy atom. The van der Waals surface area contributed by atoms with Crippen molar-refractivity contribution < 1.29 is 0 Å². The number of thiazole rings is 1. The smallest absolute Gasteiger partial charge is 0.0943 e. The number of aromatic nitrogens is 1. The van der Waals surface area contributed by atoms with Gasteiger partial charge in [-0.05, 0) is 38.6 Å². The molecule has 0 aromatic carbocycles. The summed E-state index contributed by atoms with van der Waals surface area (Å²) in [6.07, 6.45) is 7.52. The van der Waals surface area contributed by atoms with Crippen LogP contribution >= 0.6 is 11.3 Å². The van der Waals surface area contributed by atoms with Crippen molar-refractivity contribution >= 4 is 11.3 Å². The molecule has 3 heteroatoms. The molecule has 1 aromatic rings. The van der Waals surface area contributed by atoms with E-state index in [1.54, 1.807) is 4.88 Å². The Morgan fingerprint density at radius 2 is 2.13 bits per heavy atom. The molecule has 0 atom stereocenters. The minimum absolute atomic E-state index is 1.08. The van der Waals surface area contributed by atoms with Gasteiger partial charge in [0.15, 0.2) is 0 Å². The van der Waals surface area contributed by atoms with Crippen molar-refractivity contribution in [3.63, 3.8) is 0 Å². The molecule has 0 aliphatic heterocycles. The molecule has 1 aromatic heterocycles. The SMILES string of the molecule is CCCNCCc1nc2c(s1)CCCC2. The molecule has 0 saturated heterocycles. The Hall–Kier alpha value is -0.410. The van der Waals surface area contributed by atoms with Crippen molar-refractivity contribution in [1.82, 2.24) is 10.3 Å². The molecule has 0 unspecified atom stereocenters. The summed E-state index contributed by atoms with van der Waals surface area (Å²) in [4.78, 5) is 6.29. The van der Waals surface area contributed by atoms with Gasteiger partial charge in [-0.1, -0.05) is 6.92 Å². The molecule has 2 rings (SSSR count). The largest absolute Gasteiger partial charge is 0.316 e. The second-order valence-corrected chi connectivity index (χ2v) is 5.35. The van der Waals surface area contributed by atoms with Crippen LogP contribution in [-0.2, 0) is 19.3 Å².